The van der Waals surface area contributed by atoms with Crippen LogP contribution in [0.4, 0.5) is 4.39 Å². The Morgan fingerprint density at radius 1 is 1.25 bits per heavy atom. The number of thiazole rings is 1. The van der Waals surface area contributed by atoms with E-state index >= 15 is 0 Å². The molecule has 1 amide bonds. The third kappa shape index (κ3) is 3.61. The molecule has 5 heteroatoms. The number of aromatic nitrogens is 1. The summed E-state index contributed by atoms with van der Waals surface area (Å²) in [5, 5.41) is 0. The first kappa shape index (κ1) is 16.2. The number of hydrogen-bond donors (Lipinski definition) is 0. The molecule has 0 saturated carbocycles. The highest BCUT2D eigenvalue weighted by atomic mass is 32.1. The van der Waals surface area contributed by atoms with Gasteiger partial charge in [-0.25, -0.2) is 4.39 Å². The van der Waals surface area contributed by atoms with Gasteiger partial charge in [0, 0.05) is 6.42 Å². The fourth-order valence-electron chi connectivity index (χ4n) is 2.43. The monoisotopic (exact) mass is 338 g/mol. The van der Waals surface area contributed by atoms with Crippen molar-refractivity contribution in [1.82, 2.24) is 4.57 Å². The van der Waals surface area contributed by atoms with Crippen LogP contribution in [0.15, 0.2) is 53.5 Å². The summed E-state index contributed by atoms with van der Waals surface area (Å²) >= 11 is 1.27. The minimum absolute atomic E-state index is 0.211. The summed E-state index contributed by atoms with van der Waals surface area (Å²) in [5.41, 5.74) is 1.88. The molecule has 0 N–H and O–H groups in total. The van der Waals surface area contributed by atoms with Crippen molar-refractivity contribution in [3.05, 3.63) is 64.7 Å². The number of hydrogen-bond acceptors (Lipinski definition) is 2. The predicted molar refractivity (Wildman–Crippen MR) is 93.9 cm³/mol. The van der Waals surface area contributed by atoms with Gasteiger partial charge < -0.3 is 4.57 Å². The lowest BCUT2D eigenvalue weighted by Gasteiger charge is -2.00. The van der Waals surface area contributed by atoms with E-state index in [0.29, 0.717) is 17.6 Å². The number of carbonyl (C=O) groups is 1. The topological polar surface area (TPSA) is 34.4 Å². The minimum Gasteiger partial charge on any atom is -0.305 e. The van der Waals surface area contributed by atoms with Crippen LogP contribution in [0, 0.1) is 18.2 Å². The van der Waals surface area contributed by atoms with Crippen LogP contribution in [0.3, 0.4) is 0 Å². The van der Waals surface area contributed by atoms with Gasteiger partial charge in [-0.3, -0.25) is 4.79 Å². The summed E-state index contributed by atoms with van der Waals surface area (Å²) < 4.78 is 15.9. The van der Waals surface area contributed by atoms with Gasteiger partial charge in [-0.05, 0) is 30.2 Å². The summed E-state index contributed by atoms with van der Waals surface area (Å²) in [4.78, 5) is 16.9. The van der Waals surface area contributed by atoms with Gasteiger partial charge in [0.25, 0.3) is 0 Å². The Kier molecular flexibility index (Phi) is 4.88. The zero-order chi connectivity index (χ0) is 16.9. The van der Waals surface area contributed by atoms with Crippen molar-refractivity contribution in [3.63, 3.8) is 0 Å². The van der Waals surface area contributed by atoms with Gasteiger partial charge in [0.05, 0.1) is 16.8 Å². The van der Waals surface area contributed by atoms with Crippen molar-refractivity contribution in [2.45, 2.75) is 19.4 Å². The van der Waals surface area contributed by atoms with Crippen molar-refractivity contribution < 1.29 is 9.18 Å². The number of aryl methyl sites for hydroxylation is 1. The molecule has 3 aromatic rings. The number of terminal acetylenes is 1. The standard InChI is InChI=1S/C19H15FN2OS/c1-2-12-22-16-10-9-15(20)13-17(16)24-19(22)21-18(23)11-8-14-6-4-3-5-7-14/h1,3-7,9-10,13H,8,11-12H2. The van der Waals surface area contributed by atoms with Gasteiger partial charge in [0.2, 0.25) is 5.91 Å². The molecule has 0 bridgehead atoms. The maximum absolute atomic E-state index is 13.4. The van der Waals surface area contributed by atoms with E-state index in [1.165, 1.54) is 23.5 Å². The molecule has 2 aromatic carbocycles. The van der Waals surface area contributed by atoms with Crippen LogP contribution >= 0.6 is 11.3 Å². The molecule has 0 fully saturated rings. The van der Waals surface area contributed by atoms with E-state index < -0.39 is 0 Å². The molecule has 0 aliphatic rings. The van der Waals surface area contributed by atoms with E-state index in [9.17, 15) is 9.18 Å². The van der Waals surface area contributed by atoms with E-state index in [1.807, 2.05) is 30.3 Å². The van der Waals surface area contributed by atoms with E-state index in [0.717, 1.165) is 15.8 Å². The molecule has 1 heterocycles. The molecule has 0 aliphatic heterocycles. The fraction of sp³-hybridized carbons (Fsp3) is 0.158. The largest absolute Gasteiger partial charge is 0.305 e. The van der Waals surface area contributed by atoms with E-state index in [-0.39, 0.29) is 18.3 Å². The number of carbonyl (C=O) groups excluding carboxylic acids is 1. The number of rotatable bonds is 4. The average molecular weight is 338 g/mol. The fourth-order valence-corrected chi connectivity index (χ4v) is 3.51. The van der Waals surface area contributed by atoms with Crippen molar-refractivity contribution in [2.24, 2.45) is 4.99 Å². The van der Waals surface area contributed by atoms with Crippen molar-refractivity contribution in [3.8, 4) is 12.3 Å². The molecule has 0 spiro atoms. The Labute approximate surface area is 143 Å². The highest BCUT2D eigenvalue weighted by molar-refractivity contribution is 7.16. The van der Waals surface area contributed by atoms with Gasteiger partial charge >= 0.3 is 0 Å². The van der Waals surface area contributed by atoms with E-state index in [2.05, 4.69) is 10.9 Å². The van der Waals surface area contributed by atoms with Gasteiger partial charge in [-0.15, -0.1) is 6.42 Å². The molecular formula is C19H15FN2OS. The summed E-state index contributed by atoms with van der Waals surface area (Å²) in [6.45, 7) is 0.288. The van der Waals surface area contributed by atoms with Gasteiger partial charge in [-0.2, -0.15) is 4.99 Å². The van der Waals surface area contributed by atoms with E-state index in [1.54, 1.807) is 10.6 Å². The van der Waals surface area contributed by atoms with Gasteiger partial charge in [0.1, 0.15) is 5.82 Å². The summed E-state index contributed by atoms with van der Waals surface area (Å²) in [6, 6.07) is 14.3. The lowest BCUT2D eigenvalue weighted by atomic mass is 10.1. The number of amides is 1. The molecule has 0 unspecified atom stereocenters. The van der Waals surface area contributed by atoms with Crippen LogP contribution in [-0.2, 0) is 17.8 Å². The predicted octanol–water partition coefficient (Wildman–Crippen LogP) is 3.54. The number of nitrogens with zero attached hydrogens (tertiary/aromatic N) is 2. The smallest absolute Gasteiger partial charge is 0.248 e. The zero-order valence-corrected chi connectivity index (χ0v) is 13.7. The van der Waals surface area contributed by atoms with Crippen molar-refractivity contribution >= 4 is 27.5 Å². The van der Waals surface area contributed by atoms with Crippen LogP contribution in [0.2, 0.25) is 0 Å². The molecule has 1 aromatic heterocycles. The highest BCUT2D eigenvalue weighted by Crippen LogP contribution is 2.18. The average Bonchev–Trinajstić information content (AvgIpc) is 2.91. The third-order valence-corrected chi connectivity index (χ3v) is 4.63. The quantitative estimate of drug-likeness (QED) is 0.670. The molecule has 24 heavy (non-hydrogen) atoms. The normalized spacial score (nSPS) is 11.6. The van der Waals surface area contributed by atoms with Crippen LogP contribution < -0.4 is 4.80 Å². The molecule has 0 saturated heterocycles. The second kappa shape index (κ2) is 7.24. The Morgan fingerprint density at radius 2 is 2.04 bits per heavy atom. The number of fused-ring (bicyclic) bond motifs is 1. The maximum Gasteiger partial charge on any atom is 0.248 e. The van der Waals surface area contributed by atoms with Gasteiger partial charge in [-0.1, -0.05) is 47.6 Å². The Bertz CT molecular complexity index is 980. The van der Waals surface area contributed by atoms with Crippen LogP contribution in [0.5, 0.6) is 0 Å². The van der Waals surface area contributed by atoms with Crippen LogP contribution in [0.1, 0.15) is 12.0 Å². The Balaban J connectivity index is 1.89. The maximum atomic E-state index is 13.4. The molecule has 120 valence electrons. The number of benzene rings is 2. The number of halogens is 1. The lowest BCUT2D eigenvalue weighted by molar-refractivity contribution is -0.118. The SMILES string of the molecule is C#CCn1c(=NC(=O)CCc2ccccc2)sc2cc(F)ccc21. The first-order valence-electron chi connectivity index (χ1n) is 7.51. The van der Waals surface area contributed by atoms with Gasteiger partial charge in [0.15, 0.2) is 4.80 Å². The van der Waals surface area contributed by atoms with Crippen LogP contribution in [-0.4, -0.2) is 10.5 Å². The first-order valence-corrected chi connectivity index (χ1v) is 8.33. The summed E-state index contributed by atoms with van der Waals surface area (Å²) in [7, 11) is 0. The summed E-state index contributed by atoms with van der Waals surface area (Å²) in [6.07, 6.45) is 6.37. The Hall–Kier alpha value is -2.71. The van der Waals surface area contributed by atoms with E-state index in [4.69, 9.17) is 6.42 Å². The minimum atomic E-state index is -0.321. The Morgan fingerprint density at radius 3 is 2.79 bits per heavy atom. The summed E-state index contributed by atoms with van der Waals surface area (Å²) in [5.74, 6) is 2.02. The molecule has 3 nitrogen and oxygen atoms in total. The van der Waals surface area contributed by atoms with Crippen molar-refractivity contribution in [1.29, 1.82) is 0 Å². The third-order valence-electron chi connectivity index (χ3n) is 3.58. The molecule has 0 atom stereocenters. The lowest BCUT2D eigenvalue weighted by Crippen LogP contribution is -2.16. The molecule has 3 rings (SSSR count). The molecule has 0 radical (unpaired) electrons. The second-order valence-corrected chi connectivity index (χ2v) is 6.29. The first-order chi connectivity index (χ1) is 11.7. The second-order valence-electron chi connectivity index (χ2n) is 5.28. The molecule has 0 aliphatic carbocycles. The van der Waals surface area contributed by atoms with Crippen molar-refractivity contribution in [2.75, 3.05) is 0 Å². The molecular weight excluding hydrogens is 323 g/mol. The highest BCUT2D eigenvalue weighted by Gasteiger charge is 2.08. The zero-order valence-electron chi connectivity index (χ0n) is 12.9. The van der Waals surface area contributed by atoms with Crippen LogP contribution in [0.25, 0.3) is 10.2 Å².